The summed E-state index contributed by atoms with van der Waals surface area (Å²) in [4.78, 5) is 34.9. The third kappa shape index (κ3) is 5.45. The van der Waals surface area contributed by atoms with E-state index in [0.29, 0.717) is 19.4 Å². The van der Waals surface area contributed by atoms with Crippen LogP contribution in [0.25, 0.3) is 0 Å². The van der Waals surface area contributed by atoms with Gasteiger partial charge in [0.25, 0.3) is 0 Å². The van der Waals surface area contributed by atoms with Gasteiger partial charge >= 0.3 is 12.1 Å². The third-order valence-corrected chi connectivity index (χ3v) is 2.92. The molecule has 0 aromatic heterocycles. The van der Waals surface area contributed by atoms with Crippen molar-refractivity contribution in [1.82, 2.24) is 10.2 Å². The first-order valence-corrected chi connectivity index (χ1v) is 6.03. The lowest BCUT2D eigenvalue weighted by Gasteiger charge is -2.30. The van der Waals surface area contributed by atoms with E-state index in [-0.39, 0.29) is 6.54 Å². The fourth-order valence-electron chi connectivity index (χ4n) is 1.92. The van der Waals surface area contributed by atoms with Crippen molar-refractivity contribution in [2.24, 2.45) is 5.92 Å². The minimum atomic E-state index is -4.53. The maximum absolute atomic E-state index is 11.9. The summed E-state index contributed by atoms with van der Waals surface area (Å²) in [6, 6.07) is 0. The van der Waals surface area contributed by atoms with Crippen molar-refractivity contribution in [3.8, 4) is 0 Å². The summed E-state index contributed by atoms with van der Waals surface area (Å²) < 4.78 is 35.6. The summed E-state index contributed by atoms with van der Waals surface area (Å²) in [5.41, 5.74) is 0. The average molecular weight is 296 g/mol. The fraction of sp³-hybridized carbons (Fsp3) is 0.727. The van der Waals surface area contributed by atoms with Crippen LogP contribution in [-0.4, -0.2) is 53.6 Å². The summed E-state index contributed by atoms with van der Waals surface area (Å²) in [6.07, 6.45) is -4.30. The van der Waals surface area contributed by atoms with Gasteiger partial charge < -0.3 is 15.3 Å². The number of likely N-dealkylation sites (tertiary alicyclic amines) is 1. The van der Waals surface area contributed by atoms with Crippen molar-refractivity contribution in [2.45, 2.75) is 25.4 Å². The molecule has 0 bridgehead atoms. The number of hydrogen-bond donors (Lipinski definition) is 2. The van der Waals surface area contributed by atoms with Gasteiger partial charge in [0.2, 0.25) is 11.8 Å². The number of amides is 2. The van der Waals surface area contributed by atoms with Gasteiger partial charge in [-0.25, -0.2) is 0 Å². The monoisotopic (exact) mass is 296 g/mol. The SMILES string of the molecule is O=C(CC(=O)N1CCCC(C(=O)O)C1)NCC(F)(F)F. The maximum Gasteiger partial charge on any atom is 0.405 e. The maximum atomic E-state index is 11.9. The largest absolute Gasteiger partial charge is 0.481 e. The Balaban J connectivity index is 2.42. The van der Waals surface area contributed by atoms with Crippen molar-refractivity contribution in [2.75, 3.05) is 19.6 Å². The molecule has 1 fully saturated rings. The fourth-order valence-corrected chi connectivity index (χ4v) is 1.92. The summed E-state index contributed by atoms with van der Waals surface area (Å²) >= 11 is 0. The topological polar surface area (TPSA) is 86.7 Å². The van der Waals surface area contributed by atoms with Crippen molar-refractivity contribution >= 4 is 17.8 Å². The lowest BCUT2D eigenvalue weighted by molar-refractivity contribution is -0.147. The van der Waals surface area contributed by atoms with Gasteiger partial charge in [0.15, 0.2) is 0 Å². The van der Waals surface area contributed by atoms with Crippen LogP contribution in [0.1, 0.15) is 19.3 Å². The average Bonchev–Trinajstić information content (AvgIpc) is 2.35. The zero-order chi connectivity index (χ0) is 15.3. The van der Waals surface area contributed by atoms with Crippen LogP contribution >= 0.6 is 0 Å². The molecule has 1 atom stereocenters. The van der Waals surface area contributed by atoms with Crippen LogP contribution in [0, 0.1) is 5.92 Å². The Hall–Kier alpha value is -1.80. The molecule has 1 saturated heterocycles. The molecule has 1 aliphatic heterocycles. The highest BCUT2D eigenvalue weighted by Crippen LogP contribution is 2.17. The number of nitrogens with zero attached hydrogens (tertiary/aromatic N) is 1. The number of nitrogens with one attached hydrogen (secondary N) is 1. The second-order valence-corrected chi connectivity index (χ2v) is 4.59. The minimum Gasteiger partial charge on any atom is -0.481 e. The van der Waals surface area contributed by atoms with E-state index in [1.165, 1.54) is 4.90 Å². The first-order valence-electron chi connectivity index (χ1n) is 6.03. The Bertz CT molecular complexity index is 398. The predicted octanol–water partition coefficient (Wildman–Crippen LogP) is 0.378. The van der Waals surface area contributed by atoms with Crippen LogP contribution in [0.2, 0.25) is 0 Å². The van der Waals surface area contributed by atoms with Gasteiger partial charge in [0.1, 0.15) is 13.0 Å². The number of alkyl halides is 3. The predicted molar refractivity (Wildman–Crippen MR) is 60.6 cm³/mol. The van der Waals surface area contributed by atoms with Gasteiger partial charge in [-0.15, -0.1) is 0 Å². The second-order valence-electron chi connectivity index (χ2n) is 4.59. The van der Waals surface area contributed by atoms with Crippen LogP contribution in [-0.2, 0) is 14.4 Å². The molecule has 0 aromatic carbocycles. The van der Waals surface area contributed by atoms with Crippen LogP contribution in [0.5, 0.6) is 0 Å². The molecule has 0 aromatic rings. The van der Waals surface area contributed by atoms with Crippen LogP contribution in [0.4, 0.5) is 13.2 Å². The van der Waals surface area contributed by atoms with Crippen molar-refractivity contribution < 1.29 is 32.7 Å². The van der Waals surface area contributed by atoms with Gasteiger partial charge in [-0.05, 0) is 12.8 Å². The zero-order valence-corrected chi connectivity index (χ0v) is 10.6. The van der Waals surface area contributed by atoms with Crippen molar-refractivity contribution in [1.29, 1.82) is 0 Å². The highest BCUT2D eigenvalue weighted by molar-refractivity contribution is 5.97. The molecule has 1 heterocycles. The Morgan fingerprint density at radius 3 is 2.50 bits per heavy atom. The molecule has 20 heavy (non-hydrogen) atoms. The van der Waals surface area contributed by atoms with E-state index in [4.69, 9.17) is 5.11 Å². The number of hydrogen-bond acceptors (Lipinski definition) is 3. The second kappa shape index (κ2) is 6.58. The van der Waals surface area contributed by atoms with E-state index < -0.39 is 42.8 Å². The first kappa shape index (κ1) is 16.3. The summed E-state index contributed by atoms with van der Waals surface area (Å²) in [5.74, 6) is -3.39. The van der Waals surface area contributed by atoms with E-state index in [1.807, 2.05) is 0 Å². The number of carbonyl (C=O) groups is 3. The number of rotatable bonds is 4. The molecule has 1 unspecified atom stereocenters. The van der Waals surface area contributed by atoms with Crippen molar-refractivity contribution in [3.63, 3.8) is 0 Å². The Morgan fingerprint density at radius 1 is 1.30 bits per heavy atom. The molecule has 0 spiro atoms. The lowest BCUT2D eigenvalue weighted by atomic mass is 9.98. The molecule has 0 radical (unpaired) electrons. The lowest BCUT2D eigenvalue weighted by Crippen LogP contribution is -2.44. The molecule has 9 heteroatoms. The van der Waals surface area contributed by atoms with Gasteiger partial charge in [-0.2, -0.15) is 13.2 Å². The molecule has 114 valence electrons. The Kier molecular flexibility index (Phi) is 5.34. The van der Waals surface area contributed by atoms with E-state index in [9.17, 15) is 27.6 Å². The normalized spacial score (nSPS) is 19.6. The van der Waals surface area contributed by atoms with Gasteiger partial charge in [0.05, 0.1) is 5.92 Å². The molecule has 2 N–H and O–H groups in total. The number of carboxylic acids is 1. The van der Waals surface area contributed by atoms with Gasteiger partial charge in [0, 0.05) is 13.1 Å². The number of aliphatic carboxylic acids is 1. The molecule has 0 aliphatic carbocycles. The molecule has 1 aliphatic rings. The van der Waals surface area contributed by atoms with Crippen molar-refractivity contribution in [3.05, 3.63) is 0 Å². The van der Waals surface area contributed by atoms with E-state index in [2.05, 4.69) is 0 Å². The smallest absolute Gasteiger partial charge is 0.405 e. The highest BCUT2D eigenvalue weighted by Gasteiger charge is 2.30. The van der Waals surface area contributed by atoms with Crippen LogP contribution < -0.4 is 5.32 Å². The van der Waals surface area contributed by atoms with Gasteiger partial charge in [-0.1, -0.05) is 0 Å². The quantitative estimate of drug-likeness (QED) is 0.734. The summed E-state index contributed by atoms with van der Waals surface area (Å²) in [5, 5.41) is 10.5. The molecule has 1 rings (SSSR count). The number of carboxylic acid groups (broad SMARTS) is 1. The Labute approximate surface area is 112 Å². The standard InChI is InChI=1S/C11H15F3N2O4/c12-11(13,14)6-15-8(17)4-9(18)16-3-1-2-7(5-16)10(19)20/h7H,1-6H2,(H,15,17)(H,19,20). The molecule has 6 nitrogen and oxygen atoms in total. The summed E-state index contributed by atoms with van der Waals surface area (Å²) in [6.45, 7) is -1.19. The third-order valence-electron chi connectivity index (χ3n) is 2.92. The van der Waals surface area contributed by atoms with Crippen LogP contribution in [0.15, 0.2) is 0 Å². The number of piperidine rings is 1. The molecule has 0 saturated carbocycles. The summed E-state index contributed by atoms with van der Waals surface area (Å²) in [7, 11) is 0. The molecular weight excluding hydrogens is 281 g/mol. The van der Waals surface area contributed by atoms with Crippen LogP contribution in [0.3, 0.4) is 0 Å². The minimum absolute atomic E-state index is 0.0132. The zero-order valence-electron chi connectivity index (χ0n) is 10.6. The number of halogens is 3. The van der Waals surface area contributed by atoms with E-state index in [1.54, 1.807) is 5.32 Å². The highest BCUT2D eigenvalue weighted by atomic mass is 19.4. The van der Waals surface area contributed by atoms with Gasteiger partial charge in [-0.3, -0.25) is 14.4 Å². The number of carbonyl (C=O) groups excluding carboxylic acids is 2. The Morgan fingerprint density at radius 2 is 1.95 bits per heavy atom. The molecule has 2 amide bonds. The molecular formula is C11H15F3N2O4. The van der Waals surface area contributed by atoms with E-state index >= 15 is 0 Å². The van der Waals surface area contributed by atoms with E-state index in [0.717, 1.165) is 0 Å². The first-order chi connectivity index (χ1) is 9.19.